The molecule has 0 heterocycles. The first-order valence-electron chi connectivity index (χ1n) is 5.33. The predicted molar refractivity (Wildman–Crippen MR) is 79.1 cm³/mol. The van der Waals surface area contributed by atoms with Crippen molar-refractivity contribution in [2.45, 2.75) is 19.4 Å². The molecule has 0 saturated carbocycles. The molecule has 1 amide bonds. The second-order valence-corrected chi connectivity index (χ2v) is 5.84. The van der Waals surface area contributed by atoms with Gasteiger partial charge >= 0.3 is 0 Å². The molecule has 0 aliphatic carbocycles. The Labute approximate surface area is 120 Å². The molecule has 0 aliphatic rings. The van der Waals surface area contributed by atoms with Gasteiger partial charge < -0.3 is 5.32 Å². The molecule has 0 fully saturated rings. The Kier molecular flexibility index (Phi) is 6.38. The lowest BCUT2D eigenvalue weighted by Crippen LogP contribution is -2.36. The van der Waals surface area contributed by atoms with E-state index in [0.29, 0.717) is 10.6 Å². The molecule has 94 valence electrons. The van der Waals surface area contributed by atoms with E-state index >= 15 is 0 Å². The molecule has 2 nitrogen and oxygen atoms in total. The molecular weight excluding hydrogens is 322 g/mol. The number of halogens is 2. The first-order chi connectivity index (χ1) is 8.08. The lowest BCUT2D eigenvalue weighted by molar-refractivity contribution is 0.0940. The lowest BCUT2D eigenvalue weighted by atomic mass is 10.2. The first-order valence-corrected chi connectivity index (χ1v) is 7.89. The number of hydrogen-bond donors (Lipinski definition) is 1. The average Bonchev–Trinajstić information content (AvgIpc) is 2.31. The minimum absolute atomic E-state index is 0.0525. The quantitative estimate of drug-likeness (QED) is 0.881. The Hall–Kier alpha value is -0.190. The molecule has 0 spiro atoms. The molecule has 0 radical (unpaired) electrons. The van der Waals surface area contributed by atoms with Crippen molar-refractivity contribution in [2.75, 3.05) is 12.0 Å². The zero-order valence-electron chi connectivity index (χ0n) is 9.80. The molecule has 0 aliphatic heterocycles. The minimum atomic E-state index is -0.0525. The number of rotatable bonds is 5. The molecular formula is C12H15BrClNOS. The smallest absolute Gasteiger partial charge is 0.251 e. The average molecular weight is 337 g/mol. The fourth-order valence-electron chi connectivity index (χ4n) is 1.37. The summed E-state index contributed by atoms with van der Waals surface area (Å²) in [6.07, 6.45) is 2.97. The van der Waals surface area contributed by atoms with Crippen LogP contribution in [-0.2, 0) is 0 Å². The highest BCUT2D eigenvalue weighted by Gasteiger charge is 2.12. The third-order valence-corrected chi connectivity index (χ3v) is 4.33. The Morgan fingerprint density at radius 1 is 1.59 bits per heavy atom. The third kappa shape index (κ3) is 4.53. The van der Waals surface area contributed by atoms with Crippen LogP contribution in [0.15, 0.2) is 22.7 Å². The summed E-state index contributed by atoms with van der Waals surface area (Å²) in [5.74, 6) is 0.875. The fourth-order valence-corrected chi connectivity index (χ4v) is 2.59. The number of carbonyl (C=O) groups is 1. The van der Waals surface area contributed by atoms with E-state index in [1.165, 1.54) is 0 Å². The van der Waals surface area contributed by atoms with Crippen molar-refractivity contribution < 1.29 is 4.79 Å². The molecule has 1 aromatic rings. The first kappa shape index (κ1) is 14.9. The van der Waals surface area contributed by atoms with Gasteiger partial charge in [0.2, 0.25) is 0 Å². The fraction of sp³-hybridized carbons (Fsp3) is 0.417. The van der Waals surface area contributed by atoms with Gasteiger partial charge in [-0.05, 0) is 46.8 Å². The predicted octanol–water partition coefficient (Wildman–Crippen LogP) is 3.97. The van der Waals surface area contributed by atoms with Gasteiger partial charge in [-0.2, -0.15) is 11.8 Å². The van der Waals surface area contributed by atoms with Crippen LogP contribution in [-0.4, -0.2) is 24.0 Å². The third-order valence-electron chi connectivity index (χ3n) is 2.38. The highest BCUT2D eigenvalue weighted by atomic mass is 79.9. The standard InChI is InChI=1S/C12H15BrClNOS/c1-3-9(7-17-2)15-12(16)8-4-5-11(14)10(13)6-8/h4-6,9H,3,7H2,1-2H3,(H,15,16). The number of amides is 1. The molecule has 0 bridgehead atoms. The molecule has 0 saturated heterocycles. The second-order valence-electron chi connectivity index (χ2n) is 3.66. The summed E-state index contributed by atoms with van der Waals surface area (Å²) in [7, 11) is 0. The van der Waals surface area contributed by atoms with E-state index in [4.69, 9.17) is 11.6 Å². The van der Waals surface area contributed by atoms with Crippen LogP contribution < -0.4 is 5.32 Å². The summed E-state index contributed by atoms with van der Waals surface area (Å²) >= 11 is 10.9. The molecule has 1 unspecified atom stereocenters. The van der Waals surface area contributed by atoms with Crippen LogP contribution in [0.25, 0.3) is 0 Å². The van der Waals surface area contributed by atoms with Gasteiger partial charge in [0.05, 0.1) is 5.02 Å². The highest BCUT2D eigenvalue weighted by Crippen LogP contribution is 2.23. The topological polar surface area (TPSA) is 29.1 Å². The Balaban J connectivity index is 2.72. The molecule has 1 N–H and O–H groups in total. The summed E-state index contributed by atoms with van der Waals surface area (Å²) < 4.78 is 0.740. The minimum Gasteiger partial charge on any atom is -0.348 e. The van der Waals surface area contributed by atoms with Crippen LogP contribution in [0.1, 0.15) is 23.7 Å². The zero-order chi connectivity index (χ0) is 12.8. The van der Waals surface area contributed by atoms with E-state index in [2.05, 4.69) is 28.2 Å². The van der Waals surface area contributed by atoms with Gasteiger partial charge in [0, 0.05) is 21.8 Å². The summed E-state index contributed by atoms with van der Waals surface area (Å²) in [5.41, 5.74) is 0.626. The monoisotopic (exact) mass is 335 g/mol. The van der Waals surface area contributed by atoms with Crippen molar-refractivity contribution in [1.29, 1.82) is 0 Å². The van der Waals surface area contributed by atoms with E-state index in [-0.39, 0.29) is 11.9 Å². The normalized spacial score (nSPS) is 12.2. The molecule has 5 heteroatoms. The maximum absolute atomic E-state index is 12.0. The van der Waals surface area contributed by atoms with E-state index in [1.54, 1.807) is 30.0 Å². The van der Waals surface area contributed by atoms with E-state index in [9.17, 15) is 4.79 Å². The summed E-state index contributed by atoms with van der Waals surface area (Å²) in [5, 5.41) is 3.62. The second kappa shape index (κ2) is 7.29. The van der Waals surface area contributed by atoms with Crippen LogP contribution in [0.3, 0.4) is 0 Å². The Morgan fingerprint density at radius 2 is 2.29 bits per heavy atom. The van der Waals surface area contributed by atoms with Crippen LogP contribution in [0.2, 0.25) is 5.02 Å². The molecule has 17 heavy (non-hydrogen) atoms. The van der Waals surface area contributed by atoms with Crippen molar-refractivity contribution >= 4 is 45.2 Å². The summed E-state index contributed by atoms with van der Waals surface area (Å²) in [6, 6.07) is 5.40. The van der Waals surface area contributed by atoms with Gasteiger partial charge in [-0.25, -0.2) is 0 Å². The van der Waals surface area contributed by atoms with Crippen LogP contribution in [0.4, 0.5) is 0 Å². The Morgan fingerprint density at radius 3 is 2.82 bits per heavy atom. The van der Waals surface area contributed by atoms with Gasteiger partial charge in [0.15, 0.2) is 0 Å². The summed E-state index contributed by atoms with van der Waals surface area (Å²) in [4.78, 5) is 12.0. The van der Waals surface area contributed by atoms with Gasteiger partial charge in [0.25, 0.3) is 5.91 Å². The molecule has 0 aromatic heterocycles. The van der Waals surface area contributed by atoms with E-state index < -0.39 is 0 Å². The Bertz CT molecular complexity index is 400. The number of carbonyl (C=O) groups excluding carboxylic acids is 1. The van der Waals surface area contributed by atoms with Crippen molar-refractivity contribution in [2.24, 2.45) is 0 Å². The largest absolute Gasteiger partial charge is 0.348 e. The SMILES string of the molecule is CCC(CSC)NC(=O)c1ccc(Cl)c(Br)c1. The van der Waals surface area contributed by atoms with E-state index in [0.717, 1.165) is 16.6 Å². The molecule has 1 rings (SSSR count). The summed E-state index contributed by atoms with van der Waals surface area (Å²) in [6.45, 7) is 2.07. The number of benzene rings is 1. The maximum Gasteiger partial charge on any atom is 0.251 e. The number of thioether (sulfide) groups is 1. The zero-order valence-corrected chi connectivity index (χ0v) is 13.0. The lowest BCUT2D eigenvalue weighted by Gasteiger charge is -2.15. The van der Waals surface area contributed by atoms with E-state index in [1.807, 2.05) is 6.26 Å². The molecule has 1 atom stereocenters. The number of nitrogens with one attached hydrogen (secondary N) is 1. The van der Waals surface area contributed by atoms with Gasteiger partial charge in [-0.1, -0.05) is 18.5 Å². The maximum atomic E-state index is 12.0. The van der Waals surface area contributed by atoms with Crippen molar-refractivity contribution in [3.05, 3.63) is 33.3 Å². The van der Waals surface area contributed by atoms with Crippen LogP contribution in [0.5, 0.6) is 0 Å². The van der Waals surface area contributed by atoms with Crippen molar-refractivity contribution in [1.82, 2.24) is 5.32 Å². The highest BCUT2D eigenvalue weighted by molar-refractivity contribution is 9.10. The van der Waals surface area contributed by atoms with Crippen molar-refractivity contribution in [3.8, 4) is 0 Å². The number of hydrogen-bond acceptors (Lipinski definition) is 2. The van der Waals surface area contributed by atoms with Crippen molar-refractivity contribution in [3.63, 3.8) is 0 Å². The van der Waals surface area contributed by atoms with Crippen LogP contribution >= 0.6 is 39.3 Å². The van der Waals surface area contributed by atoms with Gasteiger partial charge in [-0.3, -0.25) is 4.79 Å². The van der Waals surface area contributed by atoms with Crippen LogP contribution in [0, 0.1) is 0 Å². The van der Waals surface area contributed by atoms with Gasteiger partial charge in [0.1, 0.15) is 0 Å². The van der Waals surface area contributed by atoms with Gasteiger partial charge in [-0.15, -0.1) is 0 Å². The molecule has 1 aromatic carbocycles.